The van der Waals surface area contributed by atoms with E-state index < -0.39 is 11.7 Å². The molecule has 0 atom stereocenters. The lowest BCUT2D eigenvalue weighted by molar-refractivity contribution is -0.137. The Kier molecular flexibility index (Phi) is 3.60. The number of rotatable bonds is 3. The molecule has 0 bridgehead atoms. The van der Waals surface area contributed by atoms with E-state index in [0.29, 0.717) is 23.4 Å². The zero-order valence-corrected chi connectivity index (χ0v) is 11.9. The number of nitrogens with zero attached hydrogens (tertiary/aromatic N) is 3. The summed E-state index contributed by atoms with van der Waals surface area (Å²) in [5, 5.41) is 0. The molecule has 0 radical (unpaired) electrons. The number of aromatic nitrogens is 3. The largest absolute Gasteiger partial charge is 0.418 e. The number of halogens is 3. The summed E-state index contributed by atoms with van der Waals surface area (Å²) in [5.74, 6) is 0.591. The van der Waals surface area contributed by atoms with Gasteiger partial charge in [0.2, 0.25) is 0 Å². The van der Waals surface area contributed by atoms with E-state index in [1.165, 1.54) is 16.7 Å². The van der Waals surface area contributed by atoms with Crippen LogP contribution in [0.4, 0.5) is 13.2 Å². The van der Waals surface area contributed by atoms with Gasteiger partial charge in [-0.05, 0) is 30.7 Å². The zero-order valence-electron chi connectivity index (χ0n) is 11.9. The highest BCUT2D eigenvalue weighted by atomic mass is 19.4. The molecule has 2 aromatic heterocycles. The molecule has 0 aliphatic carbocycles. The predicted octanol–water partition coefficient (Wildman–Crippen LogP) is 4.39. The lowest BCUT2D eigenvalue weighted by Crippen LogP contribution is -2.12. The van der Waals surface area contributed by atoms with E-state index in [2.05, 4.69) is 9.97 Å². The molecule has 2 heterocycles. The van der Waals surface area contributed by atoms with Crippen LogP contribution in [0.25, 0.3) is 16.9 Å². The number of para-hydroxylation sites is 1. The van der Waals surface area contributed by atoms with Crippen LogP contribution in [-0.2, 0) is 12.6 Å². The summed E-state index contributed by atoms with van der Waals surface area (Å²) >= 11 is 0. The Morgan fingerprint density at radius 3 is 2.59 bits per heavy atom. The van der Waals surface area contributed by atoms with E-state index in [-0.39, 0.29) is 5.69 Å². The average Bonchev–Trinajstić information content (AvgIpc) is 2.84. The second-order valence-corrected chi connectivity index (χ2v) is 4.97. The number of aryl methyl sites for hydroxylation is 1. The summed E-state index contributed by atoms with van der Waals surface area (Å²) < 4.78 is 41.4. The first-order valence-corrected chi connectivity index (χ1v) is 7.01. The molecule has 0 N–H and O–H groups in total. The molecule has 0 saturated heterocycles. The molecule has 3 nitrogen and oxygen atoms in total. The first kappa shape index (κ1) is 14.6. The van der Waals surface area contributed by atoms with Gasteiger partial charge in [-0.3, -0.25) is 4.57 Å². The lowest BCUT2D eigenvalue weighted by Gasteiger charge is -2.15. The normalized spacial score (nSPS) is 12.0. The van der Waals surface area contributed by atoms with E-state index in [1.807, 2.05) is 6.92 Å². The van der Waals surface area contributed by atoms with Gasteiger partial charge >= 0.3 is 6.18 Å². The highest BCUT2D eigenvalue weighted by molar-refractivity contribution is 5.74. The Morgan fingerprint density at radius 2 is 1.86 bits per heavy atom. The van der Waals surface area contributed by atoms with Crippen molar-refractivity contribution in [2.75, 3.05) is 0 Å². The number of fused-ring (bicyclic) bond motifs is 1. The standard InChI is InChI=1S/C16H14F3N3/c1-2-6-14-21-12-8-5-10-20-15(12)22(14)13-9-4-3-7-11(13)16(17,18)19/h3-5,7-10H,2,6H2,1H3. The summed E-state index contributed by atoms with van der Waals surface area (Å²) in [6.45, 7) is 1.97. The van der Waals surface area contributed by atoms with E-state index in [1.54, 1.807) is 24.4 Å². The third kappa shape index (κ3) is 2.45. The van der Waals surface area contributed by atoms with Crippen LogP contribution in [0.15, 0.2) is 42.6 Å². The highest BCUT2D eigenvalue weighted by Crippen LogP contribution is 2.35. The molecule has 0 unspecified atom stereocenters. The molecular formula is C16H14F3N3. The zero-order chi connectivity index (χ0) is 15.7. The van der Waals surface area contributed by atoms with Crippen molar-refractivity contribution in [1.82, 2.24) is 14.5 Å². The SMILES string of the molecule is CCCc1nc2cccnc2n1-c1ccccc1C(F)(F)F. The number of hydrogen-bond donors (Lipinski definition) is 0. The maximum atomic E-state index is 13.3. The van der Waals surface area contributed by atoms with Crippen molar-refractivity contribution in [2.45, 2.75) is 25.9 Å². The van der Waals surface area contributed by atoms with Gasteiger partial charge in [0.25, 0.3) is 0 Å². The smallest absolute Gasteiger partial charge is 0.280 e. The van der Waals surface area contributed by atoms with Crippen molar-refractivity contribution in [3.8, 4) is 5.69 Å². The molecule has 3 aromatic rings. The topological polar surface area (TPSA) is 30.7 Å². The number of alkyl halides is 3. The fourth-order valence-corrected chi connectivity index (χ4v) is 2.51. The number of pyridine rings is 1. The summed E-state index contributed by atoms with van der Waals surface area (Å²) in [6, 6.07) is 9.00. The van der Waals surface area contributed by atoms with Gasteiger partial charge in [0.1, 0.15) is 11.3 Å². The third-order valence-corrected chi connectivity index (χ3v) is 3.41. The average molecular weight is 305 g/mol. The van der Waals surface area contributed by atoms with Gasteiger partial charge < -0.3 is 0 Å². The first-order valence-electron chi connectivity index (χ1n) is 7.01. The van der Waals surface area contributed by atoms with Crippen LogP contribution < -0.4 is 0 Å². The van der Waals surface area contributed by atoms with Crippen molar-refractivity contribution >= 4 is 11.2 Å². The van der Waals surface area contributed by atoms with E-state index in [9.17, 15) is 13.2 Å². The molecule has 6 heteroatoms. The van der Waals surface area contributed by atoms with Crippen molar-refractivity contribution in [3.63, 3.8) is 0 Å². The summed E-state index contributed by atoms with van der Waals surface area (Å²) in [7, 11) is 0. The van der Waals surface area contributed by atoms with Crippen molar-refractivity contribution < 1.29 is 13.2 Å². The fourth-order valence-electron chi connectivity index (χ4n) is 2.51. The number of benzene rings is 1. The quantitative estimate of drug-likeness (QED) is 0.718. The van der Waals surface area contributed by atoms with Gasteiger partial charge in [0.15, 0.2) is 5.65 Å². The van der Waals surface area contributed by atoms with E-state index >= 15 is 0 Å². The van der Waals surface area contributed by atoms with Gasteiger partial charge in [0.05, 0.1) is 11.3 Å². The molecule has 0 fully saturated rings. The van der Waals surface area contributed by atoms with E-state index in [4.69, 9.17) is 0 Å². The molecule has 22 heavy (non-hydrogen) atoms. The molecule has 3 rings (SSSR count). The van der Waals surface area contributed by atoms with Gasteiger partial charge in [-0.25, -0.2) is 9.97 Å². The summed E-state index contributed by atoms with van der Waals surface area (Å²) in [4.78, 5) is 8.65. The molecule has 0 aliphatic heterocycles. The van der Waals surface area contributed by atoms with Crippen LogP contribution >= 0.6 is 0 Å². The van der Waals surface area contributed by atoms with Gasteiger partial charge in [-0.1, -0.05) is 19.1 Å². The predicted molar refractivity (Wildman–Crippen MR) is 77.9 cm³/mol. The third-order valence-electron chi connectivity index (χ3n) is 3.41. The molecular weight excluding hydrogens is 291 g/mol. The summed E-state index contributed by atoms with van der Waals surface area (Å²) in [5.41, 5.74) is 0.433. The van der Waals surface area contributed by atoms with Crippen molar-refractivity contribution in [2.24, 2.45) is 0 Å². The maximum absolute atomic E-state index is 13.3. The van der Waals surface area contributed by atoms with Crippen LogP contribution in [0.3, 0.4) is 0 Å². The molecule has 114 valence electrons. The minimum atomic E-state index is -4.43. The van der Waals surface area contributed by atoms with Crippen LogP contribution in [0.5, 0.6) is 0 Å². The van der Waals surface area contributed by atoms with Crippen LogP contribution in [0, 0.1) is 0 Å². The first-order chi connectivity index (χ1) is 10.5. The number of imidazole rings is 1. The molecule has 0 amide bonds. The van der Waals surface area contributed by atoms with Gasteiger partial charge in [-0.15, -0.1) is 0 Å². The monoisotopic (exact) mass is 305 g/mol. The van der Waals surface area contributed by atoms with Crippen molar-refractivity contribution in [1.29, 1.82) is 0 Å². The Labute approximate surface area is 125 Å². The fraction of sp³-hybridized carbons (Fsp3) is 0.250. The molecule has 0 spiro atoms. The second-order valence-electron chi connectivity index (χ2n) is 4.97. The minimum Gasteiger partial charge on any atom is -0.280 e. The Morgan fingerprint density at radius 1 is 1.09 bits per heavy atom. The van der Waals surface area contributed by atoms with Gasteiger partial charge in [-0.2, -0.15) is 13.2 Å². The molecule has 1 aromatic carbocycles. The molecule has 0 aliphatic rings. The van der Waals surface area contributed by atoms with Crippen LogP contribution in [0.2, 0.25) is 0 Å². The Bertz CT molecular complexity index is 806. The Balaban J connectivity index is 2.33. The highest BCUT2D eigenvalue weighted by Gasteiger charge is 2.34. The minimum absolute atomic E-state index is 0.0691. The summed E-state index contributed by atoms with van der Waals surface area (Å²) in [6.07, 6.45) is -1.49. The number of hydrogen-bond acceptors (Lipinski definition) is 2. The van der Waals surface area contributed by atoms with Crippen LogP contribution in [0.1, 0.15) is 24.7 Å². The van der Waals surface area contributed by atoms with Crippen LogP contribution in [-0.4, -0.2) is 14.5 Å². The second kappa shape index (κ2) is 5.44. The maximum Gasteiger partial charge on any atom is 0.418 e. The van der Waals surface area contributed by atoms with E-state index in [0.717, 1.165) is 12.5 Å². The van der Waals surface area contributed by atoms with Crippen molar-refractivity contribution in [3.05, 3.63) is 54.0 Å². The molecule has 0 saturated carbocycles. The Hall–Kier alpha value is -2.37. The van der Waals surface area contributed by atoms with Gasteiger partial charge in [0, 0.05) is 12.6 Å². The lowest BCUT2D eigenvalue weighted by atomic mass is 10.1.